The van der Waals surface area contributed by atoms with Gasteiger partial charge in [0.2, 0.25) is 0 Å². The third-order valence-corrected chi connectivity index (χ3v) is 3.94. The summed E-state index contributed by atoms with van der Waals surface area (Å²) in [6.07, 6.45) is 3.00. The van der Waals surface area contributed by atoms with Gasteiger partial charge in [0, 0.05) is 28.1 Å². The number of rotatable bonds is 5. The molecule has 4 heteroatoms. The zero-order valence-corrected chi connectivity index (χ0v) is 12.1. The molecule has 17 heavy (non-hydrogen) atoms. The van der Waals surface area contributed by atoms with Crippen LogP contribution in [0.3, 0.4) is 0 Å². The van der Waals surface area contributed by atoms with E-state index in [1.807, 2.05) is 11.7 Å². The van der Waals surface area contributed by atoms with Crippen LogP contribution in [0, 0.1) is 0 Å². The van der Waals surface area contributed by atoms with Crippen molar-refractivity contribution in [2.45, 2.75) is 25.9 Å². The number of hydrogen-bond acceptors (Lipinski definition) is 3. The minimum Gasteiger partial charge on any atom is -0.305 e. The van der Waals surface area contributed by atoms with Gasteiger partial charge in [-0.2, -0.15) is 0 Å². The van der Waals surface area contributed by atoms with Crippen molar-refractivity contribution < 1.29 is 0 Å². The van der Waals surface area contributed by atoms with Crippen LogP contribution in [0.25, 0.3) is 0 Å². The molecule has 0 radical (unpaired) electrons. The molecule has 1 atom stereocenters. The predicted octanol–water partition coefficient (Wildman–Crippen LogP) is 4.15. The first kappa shape index (κ1) is 12.7. The molecule has 1 aromatic heterocycles. The second-order valence-corrected chi connectivity index (χ2v) is 5.75. The third kappa shape index (κ3) is 3.63. The molecule has 0 spiro atoms. The summed E-state index contributed by atoms with van der Waals surface area (Å²) in [4.78, 5) is 5.36. The Balaban J connectivity index is 2.01. The van der Waals surface area contributed by atoms with E-state index in [9.17, 15) is 0 Å². The van der Waals surface area contributed by atoms with Gasteiger partial charge in [-0.05, 0) is 24.1 Å². The topological polar surface area (TPSA) is 24.9 Å². The lowest BCUT2D eigenvalue weighted by Crippen LogP contribution is -2.19. The normalized spacial score (nSPS) is 12.6. The Labute approximate surface area is 114 Å². The Bertz CT molecular complexity index is 456. The third-order valence-electron chi connectivity index (χ3n) is 2.67. The van der Waals surface area contributed by atoms with Crippen LogP contribution in [-0.2, 0) is 6.54 Å². The number of nitrogens with one attached hydrogen (secondary N) is 1. The molecule has 0 bridgehead atoms. The molecular weight excluding hydrogens is 296 g/mol. The maximum absolute atomic E-state index is 4.08. The summed E-state index contributed by atoms with van der Waals surface area (Å²) in [6, 6.07) is 8.87. The zero-order valence-electron chi connectivity index (χ0n) is 9.69. The van der Waals surface area contributed by atoms with Crippen molar-refractivity contribution in [3.63, 3.8) is 0 Å². The second kappa shape index (κ2) is 6.28. The van der Waals surface area contributed by atoms with Crippen molar-refractivity contribution in [3.05, 3.63) is 50.9 Å². The monoisotopic (exact) mass is 310 g/mol. The van der Waals surface area contributed by atoms with Gasteiger partial charge in [-0.3, -0.25) is 4.98 Å². The summed E-state index contributed by atoms with van der Waals surface area (Å²) in [5.41, 5.74) is 3.20. The number of thiazole rings is 1. The molecule has 1 unspecified atom stereocenters. The molecule has 1 heterocycles. The van der Waals surface area contributed by atoms with Gasteiger partial charge in [0.15, 0.2) is 0 Å². The fourth-order valence-corrected chi connectivity index (χ4v) is 2.74. The standard InChI is InChI=1S/C13H15BrN2S/c1-2-13(10-4-3-5-11(14)6-10)16-8-12-7-15-9-17-12/h3-7,9,13,16H,2,8H2,1H3. The Morgan fingerprint density at radius 2 is 2.35 bits per heavy atom. The largest absolute Gasteiger partial charge is 0.305 e. The first-order valence-corrected chi connectivity index (χ1v) is 7.33. The van der Waals surface area contributed by atoms with E-state index in [-0.39, 0.29) is 0 Å². The van der Waals surface area contributed by atoms with Gasteiger partial charge in [-0.25, -0.2) is 0 Å². The Morgan fingerprint density at radius 1 is 1.47 bits per heavy atom. The first-order valence-electron chi connectivity index (χ1n) is 5.66. The molecule has 0 saturated heterocycles. The summed E-state index contributed by atoms with van der Waals surface area (Å²) in [6.45, 7) is 3.08. The lowest BCUT2D eigenvalue weighted by Gasteiger charge is -2.17. The highest BCUT2D eigenvalue weighted by Gasteiger charge is 2.09. The van der Waals surface area contributed by atoms with Crippen LogP contribution in [0.15, 0.2) is 40.4 Å². The van der Waals surface area contributed by atoms with Gasteiger partial charge in [0.05, 0.1) is 5.51 Å². The van der Waals surface area contributed by atoms with Gasteiger partial charge in [-0.15, -0.1) is 11.3 Å². The van der Waals surface area contributed by atoms with Crippen LogP contribution < -0.4 is 5.32 Å². The highest BCUT2D eigenvalue weighted by atomic mass is 79.9. The molecule has 2 nitrogen and oxygen atoms in total. The van der Waals surface area contributed by atoms with E-state index in [4.69, 9.17) is 0 Å². The molecule has 1 N–H and O–H groups in total. The quantitative estimate of drug-likeness (QED) is 0.897. The lowest BCUT2D eigenvalue weighted by molar-refractivity contribution is 0.521. The Hall–Kier alpha value is -0.710. The summed E-state index contributed by atoms with van der Waals surface area (Å²) >= 11 is 5.20. The van der Waals surface area contributed by atoms with Crippen LogP contribution in [0.1, 0.15) is 29.8 Å². The number of hydrogen-bond donors (Lipinski definition) is 1. The van der Waals surface area contributed by atoms with E-state index >= 15 is 0 Å². The average molecular weight is 311 g/mol. The van der Waals surface area contributed by atoms with Gasteiger partial charge < -0.3 is 5.32 Å². The van der Waals surface area contributed by atoms with E-state index in [1.54, 1.807) is 11.3 Å². The van der Waals surface area contributed by atoms with Gasteiger partial charge in [0.25, 0.3) is 0 Å². The number of halogens is 1. The fraction of sp³-hybridized carbons (Fsp3) is 0.308. The SMILES string of the molecule is CCC(NCc1cncs1)c1cccc(Br)c1. The van der Waals surface area contributed by atoms with Crippen LogP contribution in [0.2, 0.25) is 0 Å². The number of nitrogens with zero attached hydrogens (tertiary/aromatic N) is 1. The molecular formula is C13H15BrN2S. The molecule has 2 aromatic rings. The smallest absolute Gasteiger partial charge is 0.0794 e. The molecule has 1 aromatic carbocycles. The van der Waals surface area contributed by atoms with Crippen molar-refractivity contribution in [3.8, 4) is 0 Å². The summed E-state index contributed by atoms with van der Waals surface area (Å²) in [5.74, 6) is 0. The highest BCUT2D eigenvalue weighted by Crippen LogP contribution is 2.21. The van der Waals surface area contributed by atoms with Crippen molar-refractivity contribution in [2.24, 2.45) is 0 Å². The fourth-order valence-electron chi connectivity index (χ4n) is 1.77. The molecule has 0 aliphatic heterocycles. The molecule has 0 fully saturated rings. The molecule has 0 amide bonds. The minimum atomic E-state index is 0.398. The van der Waals surface area contributed by atoms with Crippen LogP contribution in [0.4, 0.5) is 0 Å². The van der Waals surface area contributed by atoms with Crippen molar-refractivity contribution in [1.82, 2.24) is 10.3 Å². The second-order valence-electron chi connectivity index (χ2n) is 3.86. The summed E-state index contributed by atoms with van der Waals surface area (Å²) in [7, 11) is 0. The van der Waals surface area contributed by atoms with Gasteiger partial charge in [-0.1, -0.05) is 35.0 Å². The molecule has 90 valence electrons. The zero-order chi connectivity index (χ0) is 12.1. The molecule has 0 aliphatic carbocycles. The maximum atomic E-state index is 4.08. The van der Waals surface area contributed by atoms with Gasteiger partial charge in [0.1, 0.15) is 0 Å². The lowest BCUT2D eigenvalue weighted by atomic mass is 10.0. The number of aromatic nitrogens is 1. The first-order chi connectivity index (χ1) is 8.29. The van der Waals surface area contributed by atoms with Crippen LogP contribution in [0.5, 0.6) is 0 Å². The Kier molecular flexibility index (Phi) is 4.71. The van der Waals surface area contributed by atoms with E-state index in [2.05, 4.69) is 57.4 Å². The molecule has 0 saturated carbocycles. The highest BCUT2D eigenvalue weighted by molar-refractivity contribution is 9.10. The van der Waals surface area contributed by atoms with Crippen molar-refractivity contribution in [2.75, 3.05) is 0 Å². The minimum absolute atomic E-state index is 0.398. The summed E-state index contributed by atoms with van der Waals surface area (Å²) in [5, 5.41) is 3.56. The van der Waals surface area contributed by atoms with Crippen molar-refractivity contribution in [1.29, 1.82) is 0 Å². The molecule has 0 aliphatic rings. The van der Waals surface area contributed by atoms with Crippen molar-refractivity contribution >= 4 is 27.3 Å². The van der Waals surface area contributed by atoms with E-state index in [0.29, 0.717) is 6.04 Å². The van der Waals surface area contributed by atoms with E-state index in [1.165, 1.54) is 10.4 Å². The maximum Gasteiger partial charge on any atom is 0.0794 e. The average Bonchev–Trinajstić information content (AvgIpc) is 2.83. The summed E-state index contributed by atoms with van der Waals surface area (Å²) < 4.78 is 1.13. The number of benzene rings is 1. The predicted molar refractivity (Wildman–Crippen MR) is 76.1 cm³/mol. The van der Waals surface area contributed by atoms with Crippen LogP contribution in [-0.4, -0.2) is 4.98 Å². The van der Waals surface area contributed by atoms with E-state index < -0.39 is 0 Å². The van der Waals surface area contributed by atoms with Gasteiger partial charge >= 0.3 is 0 Å². The Morgan fingerprint density at radius 3 is 3.00 bits per heavy atom. The molecule has 2 rings (SSSR count). The van der Waals surface area contributed by atoms with Crippen LogP contribution >= 0.6 is 27.3 Å². The van der Waals surface area contributed by atoms with E-state index in [0.717, 1.165) is 17.4 Å².